The van der Waals surface area contributed by atoms with Gasteiger partial charge in [0.15, 0.2) is 0 Å². The summed E-state index contributed by atoms with van der Waals surface area (Å²) in [6.45, 7) is 8.39. The van der Waals surface area contributed by atoms with Gasteiger partial charge >= 0.3 is 0 Å². The van der Waals surface area contributed by atoms with E-state index in [1.54, 1.807) is 0 Å². The summed E-state index contributed by atoms with van der Waals surface area (Å²) in [5.74, 6) is 0.857. The molecule has 0 radical (unpaired) electrons. The molecule has 1 aromatic heterocycles. The van der Waals surface area contributed by atoms with E-state index >= 15 is 0 Å². The van der Waals surface area contributed by atoms with Gasteiger partial charge in [0.05, 0.1) is 5.69 Å². The Morgan fingerprint density at radius 2 is 2.00 bits per heavy atom. The van der Waals surface area contributed by atoms with Crippen LogP contribution in [0.5, 0.6) is 0 Å². The molecule has 0 spiro atoms. The van der Waals surface area contributed by atoms with Crippen molar-refractivity contribution in [2.75, 3.05) is 11.4 Å². The molecule has 21 heavy (non-hydrogen) atoms. The number of hydrogen-bond acceptors (Lipinski definition) is 4. The third-order valence-electron chi connectivity index (χ3n) is 4.83. The Morgan fingerprint density at radius 1 is 1.24 bits per heavy atom. The molecule has 2 unspecified atom stereocenters. The van der Waals surface area contributed by atoms with Crippen molar-refractivity contribution in [3.05, 3.63) is 12.0 Å². The van der Waals surface area contributed by atoms with Gasteiger partial charge in [0, 0.05) is 24.7 Å². The molecule has 2 heterocycles. The molecule has 1 saturated carbocycles. The van der Waals surface area contributed by atoms with E-state index in [1.165, 1.54) is 38.5 Å². The van der Waals surface area contributed by atoms with E-state index in [0.717, 1.165) is 30.7 Å². The lowest BCUT2D eigenvalue weighted by molar-refractivity contribution is 0.235. The summed E-state index contributed by atoms with van der Waals surface area (Å²) < 4.78 is 5.79. The SMILES string of the molecule is CC(C)(C)NCc1coc(N2CCCC3CCCCC32)n1. The zero-order valence-corrected chi connectivity index (χ0v) is 13.7. The first kappa shape index (κ1) is 14.9. The fraction of sp³-hybridized carbons (Fsp3) is 0.824. The van der Waals surface area contributed by atoms with Crippen molar-refractivity contribution in [3.8, 4) is 0 Å². The van der Waals surface area contributed by atoms with Crippen LogP contribution in [0.2, 0.25) is 0 Å². The molecule has 2 atom stereocenters. The van der Waals surface area contributed by atoms with Gasteiger partial charge < -0.3 is 14.6 Å². The first-order valence-corrected chi connectivity index (χ1v) is 8.49. The molecule has 1 aromatic rings. The summed E-state index contributed by atoms with van der Waals surface area (Å²) in [6.07, 6.45) is 9.95. The third kappa shape index (κ3) is 3.60. The second kappa shape index (κ2) is 5.99. The maximum atomic E-state index is 5.79. The molecule has 0 aromatic carbocycles. The monoisotopic (exact) mass is 291 g/mol. The lowest BCUT2D eigenvalue weighted by atomic mass is 9.78. The van der Waals surface area contributed by atoms with Gasteiger partial charge in [-0.15, -0.1) is 0 Å². The Morgan fingerprint density at radius 3 is 2.81 bits per heavy atom. The summed E-state index contributed by atoms with van der Waals surface area (Å²) in [4.78, 5) is 7.16. The van der Waals surface area contributed by atoms with E-state index in [2.05, 4.69) is 31.0 Å². The van der Waals surface area contributed by atoms with E-state index in [9.17, 15) is 0 Å². The molecule has 2 fully saturated rings. The molecule has 1 aliphatic heterocycles. The predicted molar refractivity (Wildman–Crippen MR) is 85.4 cm³/mol. The first-order valence-electron chi connectivity index (χ1n) is 8.49. The summed E-state index contributed by atoms with van der Waals surface area (Å²) in [5.41, 5.74) is 1.12. The smallest absolute Gasteiger partial charge is 0.297 e. The molecule has 1 aliphatic carbocycles. The van der Waals surface area contributed by atoms with Gasteiger partial charge in [0.25, 0.3) is 6.01 Å². The molecule has 2 aliphatic rings. The predicted octanol–water partition coefficient (Wildman–Crippen LogP) is 3.72. The van der Waals surface area contributed by atoms with Gasteiger partial charge in [0.1, 0.15) is 6.26 Å². The van der Waals surface area contributed by atoms with Crippen molar-refractivity contribution in [2.45, 2.75) is 77.4 Å². The van der Waals surface area contributed by atoms with Gasteiger partial charge in [-0.2, -0.15) is 4.98 Å². The van der Waals surface area contributed by atoms with Crippen molar-refractivity contribution in [3.63, 3.8) is 0 Å². The minimum absolute atomic E-state index is 0.110. The number of anilines is 1. The number of fused-ring (bicyclic) bond motifs is 1. The highest BCUT2D eigenvalue weighted by atomic mass is 16.4. The average Bonchev–Trinajstić information content (AvgIpc) is 2.92. The van der Waals surface area contributed by atoms with Gasteiger partial charge in [0.2, 0.25) is 0 Å². The zero-order valence-electron chi connectivity index (χ0n) is 13.7. The molecular formula is C17H29N3O. The van der Waals surface area contributed by atoms with Gasteiger partial charge in [-0.05, 0) is 52.4 Å². The van der Waals surface area contributed by atoms with Crippen molar-refractivity contribution in [2.24, 2.45) is 5.92 Å². The second-order valence-corrected chi connectivity index (χ2v) is 7.67. The Balaban J connectivity index is 1.67. The van der Waals surface area contributed by atoms with E-state index in [4.69, 9.17) is 9.40 Å². The highest BCUT2D eigenvalue weighted by Crippen LogP contribution is 2.37. The Hall–Kier alpha value is -1.03. The number of nitrogens with zero attached hydrogens (tertiary/aromatic N) is 2. The molecule has 0 bridgehead atoms. The third-order valence-corrected chi connectivity index (χ3v) is 4.83. The lowest BCUT2D eigenvalue weighted by Gasteiger charge is -2.43. The number of nitrogens with one attached hydrogen (secondary N) is 1. The molecule has 4 heteroatoms. The van der Waals surface area contributed by atoms with E-state index in [-0.39, 0.29) is 5.54 Å². The van der Waals surface area contributed by atoms with Gasteiger partial charge in [-0.25, -0.2) is 0 Å². The quantitative estimate of drug-likeness (QED) is 0.921. The molecule has 1 N–H and O–H groups in total. The fourth-order valence-corrected chi connectivity index (χ4v) is 3.73. The maximum absolute atomic E-state index is 5.79. The summed E-state index contributed by atoms with van der Waals surface area (Å²) >= 11 is 0. The van der Waals surface area contributed by atoms with Crippen LogP contribution in [0.1, 0.15) is 65.0 Å². The van der Waals surface area contributed by atoms with Crippen LogP contribution in [-0.2, 0) is 6.54 Å². The second-order valence-electron chi connectivity index (χ2n) is 7.67. The topological polar surface area (TPSA) is 41.3 Å². The molecule has 118 valence electrons. The number of piperidine rings is 1. The van der Waals surface area contributed by atoms with Crippen LogP contribution in [0.3, 0.4) is 0 Å². The van der Waals surface area contributed by atoms with E-state index < -0.39 is 0 Å². The fourth-order valence-electron chi connectivity index (χ4n) is 3.73. The molecule has 3 rings (SSSR count). The number of aromatic nitrogens is 1. The molecule has 4 nitrogen and oxygen atoms in total. The summed E-state index contributed by atoms with van der Waals surface area (Å²) in [6, 6.07) is 1.51. The van der Waals surface area contributed by atoms with Crippen molar-refractivity contribution < 1.29 is 4.42 Å². The van der Waals surface area contributed by atoms with Crippen molar-refractivity contribution in [1.82, 2.24) is 10.3 Å². The highest BCUT2D eigenvalue weighted by Gasteiger charge is 2.35. The van der Waals surface area contributed by atoms with Crippen LogP contribution in [0.15, 0.2) is 10.7 Å². The van der Waals surface area contributed by atoms with Crippen LogP contribution < -0.4 is 10.2 Å². The van der Waals surface area contributed by atoms with Crippen LogP contribution in [0, 0.1) is 5.92 Å². The molecular weight excluding hydrogens is 262 g/mol. The first-order chi connectivity index (χ1) is 10.0. The standard InChI is InChI=1S/C17H29N3O/c1-17(2,3)18-11-14-12-21-16(19-14)20-10-6-8-13-7-4-5-9-15(13)20/h12-13,15,18H,4-11H2,1-3H3. The largest absolute Gasteiger partial charge is 0.432 e. The summed E-state index contributed by atoms with van der Waals surface area (Å²) in [5, 5.41) is 3.47. The number of rotatable bonds is 3. The zero-order chi connectivity index (χ0) is 14.9. The normalized spacial score (nSPS) is 26.7. The number of hydrogen-bond donors (Lipinski definition) is 1. The van der Waals surface area contributed by atoms with Crippen LogP contribution in [0.4, 0.5) is 6.01 Å². The average molecular weight is 291 g/mol. The van der Waals surface area contributed by atoms with Crippen LogP contribution >= 0.6 is 0 Å². The Bertz CT molecular complexity index is 461. The van der Waals surface area contributed by atoms with Crippen LogP contribution in [0.25, 0.3) is 0 Å². The van der Waals surface area contributed by atoms with E-state index in [1.807, 2.05) is 6.26 Å². The van der Waals surface area contributed by atoms with Crippen LogP contribution in [-0.4, -0.2) is 23.1 Å². The minimum atomic E-state index is 0.110. The lowest BCUT2D eigenvalue weighted by Crippen LogP contribution is -2.47. The minimum Gasteiger partial charge on any atom is -0.432 e. The van der Waals surface area contributed by atoms with Crippen molar-refractivity contribution in [1.29, 1.82) is 0 Å². The van der Waals surface area contributed by atoms with Gasteiger partial charge in [-0.1, -0.05) is 12.8 Å². The van der Waals surface area contributed by atoms with E-state index in [0.29, 0.717) is 6.04 Å². The number of oxazole rings is 1. The Labute approximate surface area is 128 Å². The maximum Gasteiger partial charge on any atom is 0.297 e. The van der Waals surface area contributed by atoms with Gasteiger partial charge in [-0.3, -0.25) is 0 Å². The summed E-state index contributed by atoms with van der Waals surface area (Å²) in [7, 11) is 0. The Kier molecular flexibility index (Phi) is 4.25. The van der Waals surface area contributed by atoms with Crippen molar-refractivity contribution >= 4 is 6.01 Å². The molecule has 0 amide bonds. The molecule has 1 saturated heterocycles. The highest BCUT2D eigenvalue weighted by molar-refractivity contribution is 5.31.